The van der Waals surface area contributed by atoms with Crippen LogP contribution in [0.1, 0.15) is 5.69 Å². The zero-order valence-electron chi connectivity index (χ0n) is 4.96. The summed E-state index contributed by atoms with van der Waals surface area (Å²) in [6, 6.07) is 5.86. The molecule has 0 fully saturated rings. The van der Waals surface area contributed by atoms with Crippen LogP contribution in [0, 0.1) is 6.92 Å². The predicted octanol–water partition coefficient (Wildman–Crippen LogP) is 1.45. The third-order valence-corrected chi connectivity index (χ3v) is 0.813. The average Bonchev–Trinajstić information content (AvgIpc) is 1.69. The molecular formula is C6H10NP. The van der Waals surface area contributed by atoms with E-state index in [0.29, 0.717) is 0 Å². The van der Waals surface area contributed by atoms with Crippen molar-refractivity contribution in [2.75, 3.05) is 0 Å². The summed E-state index contributed by atoms with van der Waals surface area (Å²) in [4.78, 5) is 3.98. The molecule has 1 aromatic rings. The summed E-state index contributed by atoms with van der Waals surface area (Å²) in [5.41, 5.74) is 1.07. The highest BCUT2D eigenvalue weighted by Gasteiger charge is 1.73. The molecule has 44 valence electrons. The normalized spacial score (nSPS) is 7.62. The highest BCUT2D eigenvalue weighted by molar-refractivity contribution is 6.92. The maximum atomic E-state index is 3.98. The van der Waals surface area contributed by atoms with Crippen LogP contribution >= 0.6 is 9.90 Å². The van der Waals surface area contributed by atoms with E-state index in [-0.39, 0.29) is 9.90 Å². The summed E-state index contributed by atoms with van der Waals surface area (Å²) in [7, 11) is 0. The van der Waals surface area contributed by atoms with E-state index in [1.54, 1.807) is 6.20 Å². The molecule has 0 aliphatic carbocycles. The Morgan fingerprint density at radius 1 is 1.38 bits per heavy atom. The van der Waals surface area contributed by atoms with Crippen molar-refractivity contribution in [1.82, 2.24) is 4.98 Å². The summed E-state index contributed by atoms with van der Waals surface area (Å²) in [6.45, 7) is 1.97. The fraction of sp³-hybridized carbons (Fsp3) is 0.167. The second-order valence-electron chi connectivity index (χ2n) is 1.47. The minimum absolute atomic E-state index is 0. The monoisotopic (exact) mass is 127 g/mol. The molecule has 0 aliphatic heterocycles. The Balaban J connectivity index is 0.000000490. The summed E-state index contributed by atoms with van der Waals surface area (Å²) in [5, 5.41) is 0. The third-order valence-electron chi connectivity index (χ3n) is 0.813. The van der Waals surface area contributed by atoms with Gasteiger partial charge in [-0.3, -0.25) is 4.98 Å². The molecule has 0 aromatic carbocycles. The molecular weight excluding hydrogens is 117 g/mol. The zero-order chi connectivity index (χ0) is 5.11. The number of hydrogen-bond donors (Lipinski definition) is 0. The number of rotatable bonds is 0. The molecule has 0 bridgehead atoms. The smallest absolute Gasteiger partial charge is 0.0372 e. The minimum atomic E-state index is 0. The summed E-state index contributed by atoms with van der Waals surface area (Å²) in [6.07, 6.45) is 1.79. The van der Waals surface area contributed by atoms with Crippen LogP contribution in [0.25, 0.3) is 0 Å². The molecule has 8 heavy (non-hydrogen) atoms. The van der Waals surface area contributed by atoms with Crippen LogP contribution in [-0.4, -0.2) is 4.98 Å². The number of aryl methyl sites for hydroxylation is 1. The topological polar surface area (TPSA) is 12.9 Å². The Morgan fingerprint density at radius 3 is 2.38 bits per heavy atom. The first-order valence-corrected chi connectivity index (χ1v) is 2.27. The number of pyridine rings is 1. The van der Waals surface area contributed by atoms with Gasteiger partial charge in [-0.1, -0.05) is 6.07 Å². The van der Waals surface area contributed by atoms with Gasteiger partial charge in [0, 0.05) is 11.9 Å². The third kappa shape index (κ3) is 2.04. The molecule has 1 aromatic heterocycles. The van der Waals surface area contributed by atoms with Crippen molar-refractivity contribution >= 4 is 9.90 Å². The lowest BCUT2D eigenvalue weighted by Gasteiger charge is -1.82. The van der Waals surface area contributed by atoms with E-state index in [1.165, 1.54) is 0 Å². The molecule has 1 atom stereocenters. The Hall–Kier alpha value is -0.420. The first-order valence-electron chi connectivity index (χ1n) is 2.27. The highest BCUT2D eigenvalue weighted by Crippen LogP contribution is 1.85. The van der Waals surface area contributed by atoms with Gasteiger partial charge in [-0.2, -0.15) is 9.90 Å². The van der Waals surface area contributed by atoms with Gasteiger partial charge < -0.3 is 0 Å². The maximum Gasteiger partial charge on any atom is 0.0372 e. The van der Waals surface area contributed by atoms with Gasteiger partial charge in [0.15, 0.2) is 0 Å². The van der Waals surface area contributed by atoms with Gasteiger partial charge in [0.2, 0.25) is 0 Å². The number of nitrogens with zero attached hydrogens (tertiary/aromatic N) is 1. The number of aromatic nitrogens is 1. The molecule has 1 nitrogen and oxygen atoms in total. The van der Waals surface area contributed by atoms with E-state index in [2.05, 4.69) is 4.98 Å². The van der Waals surface area contributed by atoms with Gasteiger partial charge in [0.1, 0.15) is 0 Å². The first-order chi connectivity index (χ1) is 3.39. The summed E-state index contributed by atoms with van der Waals surface area (Å²) in [5.74, 6) is 0. The first kappa shape index (κ1) is 7.58. The van der Waals surface area contributed by atoms with Gasteiger partial charge >= 0.3 is 0 Å². The van der Waals surface area contributed by atoms with E-state index in [9.17, 15) is 0 Å². The second-order valence-corrected chi connectivity index (χ2v) is 1.47. The van der Waals surface area contributed by atoms with E-state index < -0.39 is 0 Å². The molecule has 0 N–H and O–H groups in total. The molecule has 0 saturated carbocycles. The van der Waals surface area contributed by atoms with Crippen molar-refractivity contribution in [1.29, 1.82) is 0 Å². The van der Waals surface area contributed by atoms with E-state index in [1.807, 2.05) is 25.1 Å². The molecule has 1 unspecified atom stereocenters. The minimum Gasteiger partial charge on any atom is -0.262 e. The molecule has 1 rings (SSSR count). The molecule has 0 radical (unpaired) electrons. The zero-order valence-corrected chi connectivity index (χ0v) is 6.38. The molecule has 0 spiro atoms. The van der Waals surface area contributed by atoms with Crippen LogP contribution < -0.4 is 0 Å². The van der Waals surface area contributed by atoms with Gasteiger partial charge in [-0.25, -0.2) is 0 Å². The molecule has 2 heteroatoms. The fourth-order valence-electron chi connectivity index (χ4n) is 0.448. The van der Waals surface area contributed by atoms with Crippen LogP contribution in [0.3, 0.4) is 0 Å². The van der Waals surface area contributed by atoms with Crippen molar-refractivity contribution in [3.63, 3.8) is 0 Å². The van der Waals surface area contributed by atoms with Crippen molar-refractivity contribution in [3.8, 4) is 0 Å². The van der Waals surface area contributed by atoms with Crippen LogP contribution in [-0.2, 0) is 0 Å². The van der Waals surface area contributed by atoms with Crippen LogP contribution in [0.2, 0.25) is 0 Å². The molecule has 1 heterocycles. The lowest BCUT2D eigenvalue weighted by molar-refractivity contribution is 1.20. The van der Waals surface area contributed by atoms with Crippen LogP contribution in [0.15, 0.2) is 24.4 Å². The van der Waals surface area contributed by atoms with E-state index in [4.69, 9.17) is 0 Å². The standard InChI is InChI=1S/C6H7N.H3P/c1-6-4-2-3-5-7-6;/h2-5H,1H3;1H3. The quantitative estimate of drug-likeness (QED) is 0.480. The Labute approximate surface area is 52.8 Å². The van der Waals surface area contributed by atoms with Gasteiger partial charge in [0.05, 0.1) is 0 Å². The van der Waals surface area contributed by atoms with E-state index >= 15 is 0 Å². The maximum absolute atomic E-state index is 3.98. The van der Waals surface area contributed by atoms with Crippen molar-refractivity contribution in [3.05, 3.63) is 30.1 Å². The fourth-order valence-corrected chi connectivity index (χ4v) is 0.448. The summed E-state index contributed by atoms with van der Waals surface area (Å²) >= 11 is 0. The Bertz CT molecular complexity index is 138. The predicted molar refractivity (Wildman–Crippen MR) is 40.1 cm³/mol. The molecule has 0 amide bonds. The largest absolute Gasteiger partial charge is 0.262 e. The average molecular weight is 127 g/mol. The van der Waals surface area contributed by atoms with Crippen molar-refractivity contribution < 1.29 is 0 Å². The summed E-state index contributed by atoms with van der Waals surface area (Å²) < 4.78 is 0. The molecule has 0 saturated heterocycles. The van der Waals surface area contributed by atoms with Crippen molar-refractivity contribution in [2.24, 2.45) is 0 Å². The Morgan fingerprint density at radius 2 is 2.12 bits per heavy atom. The second kappa shape index (κ2) is 3.57. The van der Waals surface area contributed by atoms with Crippen LogP contribution in [0.4, 0.5) is 0 Å². The van der Waals surface area contributed by atoms with Crippen LogP contribution in [0.5, 0.6) is 0 Å². The van der Waals surface area contributed by atoms with E-state index in [0.717, 1.165) is 5.69 Å². The van der Waals surface area contributed by atoms with Gasteiger partial charge in [-0.15, -0.1) is 0 Å². The number of hydrogen-bond acceptors (Lipinski definition) is 1. The van der Waals surface area contributed by atoms with Gasteiger partial charge in [0.25, 0.3) is 0 Å². The lowest BCUT2D eigenvalue weighted by atomic mass is 10.4. The van der Waals surface area contributed by atoms with Gasteiger partial charge in [-0.05, 0) is 19.1 Å². The highest BCUT2D eigenvalue weighted by atomic mass is 31.0. The van der Waals surface area contributed by atoms with Crippen molar-refractivity contribution in [2.45, 2.75) is 6.92 Å². The SMILES string of the molecule is Cc1ccccn1.P. The molecule has 0 aliphatic rings. The Kier molecular flexibility index (Phi) is 3.38. The lowest BCUT2D eigenvalue weighted by Crippen LogP contribution is -1.72.